The number of carbonyl (C=O) groups excluding carboxylic acids is 1. The Labute approximate surface area is 196 Å². The van der Waals surface area contributed by atoms with Crippen LogP contribution >= 0.6 is 11.6 Å². The molecular formula is C23H17ClF3N5O2. The highest BCUT2D eigenvalue weighted by molar-refractivity contribution is 6.31. The molecule has 0 saturated carbocycles. The predicted molar refractivity (Wildman–Crippen MR) is 121 cm³/mol. The van der Waals surface area contributed by atoms with Crippen molar-refractivity contribution in [3.05, 3.63) is 76.2 Å². The molecule has 3 N–H and O–H groups in total. The first kappa shape index (κ1) is 22.2. The molecule has 0 spiro atoms. The lowest BCUT2D eigenvalue weighted by Crippen LogP contribution is -2.15. The van der Waals surface area contributed by atoms with Crippen LogP contribution in [-0.4, -0.2) is 20.4 Å². The molecule has 5 rings (SSSR count). The Bertz CT molecular complexity index is 1420. The number of nitrogens with two attached hydrogens (primary N) is 1. The number of halogens is 4. The summed E-state index contributed by atoms with van der Waals surface area (Å²) in [6, 6.07) is 10.4. The smallest absolute Gasteiger partial charge is 0.382 e. The number of nitrogen functional groups attached to an aromatic ring is 1. The van der Waals surface area contributed by atoms with Crippen LogP contribution in [0.2, 0.25) is 5.02 Å². The molecule has 1 aliphatic heterocycles. The number of rotatable bonds is 4. The highest BCUT2D eigenvalue weighted by Crippen LogP contribution is 2.36. The van der Waals surface area contributed by atoms with Crippen molar-refractivity contribution in [1.82, 2.24) is 14.5 Å². The fraction of sp³-hybridized carbons (Fsp3) is 0.174. The topological polar surface area (TPSA) is 95.1 Å². The van der Waals surface area contributed by atoms with E-state index in [1.165, 1.54) is 12.4 Å². The minimum absolute atomic E-state index is 0.204. The monoisotopic (exact) mass is 487 g/mol. The van der Waals surface area contributed by atoms with Gasteiger partial charge in [0.1, 0.15) is 17.4 Å². The largest absolute Gasteiger partial charge is 0.417 e. The zero-order valence-corrected chi connectivity index (χ0v) is 18.2. The molecule has 2 aromatic carbocycles. The second-order valence-electron chi connectivity index (χ2n) is 7.79. The van der Waals surface area contributed by atoms with Crippen LogP contribution in [0.25, 0.3) is 16.7 Å². The normalized spacial score (nSPS) is 13.3. The zero-order chi connectivity index (χ0) is 24.0. The molecule has 11 heteroatoms. The minimum atomic E-state index is -4.60. The van der Waals surface area contributed by atoms with Crippen molar-refractivity contribution in [1.29, 1.82) is 0 Å². The van der Waals surface area contributed by atoms with Crippen LogP contribution in [0.5, 0.6) is 0 Å². The van der Waals surface area contributed by atoms with E-state index >= 15 is 0 Å². The van der Waals surface area contributed by atoms with Crippen molar-refractivity contribution in [3.8, 4) is 5.69 Å². The summed E-state index contributed by atoms with van der Waals surface area (Å²) in [5.74, 6) is -0.112. The van der Waals surface area contributed by atoms with Crippen LogP contribution in [0.3, 0.4) is 0 Å². The molecule has 34 heavy (non-hydrogen) atoms. The van der Waals surface area contributed by atoms with Gasteiger partial charge in [0.05, 0.1) is 35.9 Å². The minimum Gasteiger partial charge on any atom is -0.382 e. The maximum absolute atomic E-state index is 13.1. The number of hydrogen-bond donors (Lipinski definition) is 2. The van der Waals surface area contributed by atoms with Crippen molar-refractivity contribution in [2.45, 2.75) is 25.8 Å². The van der Waals surface area contributed by atoms with Crippen molar-refractivity contribution >= 4 is 40.0 Å². The number of anilines is 2. The Kier molecular flexibility index (Phi) is 5.41. The Morgan fingerprint density at radius 1 is 1.15 bits per heavy atom. The lowest BCUT2D eigenvalue weighted by atomic mass is 10.1. The van der Waals surface area contributed by atoms with Crippen LogP contribution in [-0.2, 0) is 35.3 Å². The number of fused-ring (bicyclic) bond motifs is 3. The molecule has 1 amide bonds. The number of aromatic nitrogens is 3. The lowest BCUT2D eigenvalue weighted by molar-refractivity contribution is -0.137. The van der Waals surface area contributed by atoms with E-state index in [4.69, 9.17) is 22.1 Å². The summed E-state index contributed by atoms with van der Waals surface area (Å²) in [7, 11) is 0. The molecule has 2 aromatic heterocycles. The maximum atomic E-state index is 13.1. The van der Waals surface area contributed by atoms with Crippen molar-refractivity contribution < 1.29 is 22.7 Å². The van der Waals surface area contributed by atoms with Gasteiger partial charge in [0, 0.05) is 16.9 Å². The molecule has 0 unspecified atom stereocenters. The average molecular weight is 488 g/mol. The summed E-state index contributed by atoms with van der Waals surface area (Å²) in [4.78, 5) is 20.9. The van der Waals surface area contributed by atoms with Gasteiger partial charge in [-0.3, -0.25) is 4.79 Å². The SMILES string of the molecule is Nc1ncnc2c3c(n(-c4ccc(NC(=O)Cc5ccc(Cl)c(C(F)(F)F)c5)cc4)c12)COC3. The number of benzene rings is 2. The maximum Gasteiger partial charge on any atom is 0.417 e. The third-order valence-corrected chi connectivity index (χ3v) is 5.90. The number of amides is 1. The van der Waals surface area contributed by atoms with Gasteiger partial charge in [-0.05, 0) is 42.0 Å². The molecule has 0 fully saturated rings. The summed E-state index contributed by atoms with van der Waals surface area (Å²) in [6.07, 6.45) is -3.41. The van der Waals surface area contributed by atoms with E-state index in [-0.39, 0.29) is 12.0 Å². The Morgan fingerprint density at radius 2 is 1.91 bits per heavy atom. The standard InChI is InChI=1S/C23H17ClF3N5O2/c24-17-6-1-12(7-16(17)23(25,26)27)8-19(33)31-13-2-4-14(5-3-13)32-18-10-34-9-15(18)20-21(32)22(28)30-11-29-20/h1-7,11H,8-10H2,(H,31,33)(H2,28,29,30). The molecule has 0 bridgehead atoms. The summed E-state index contributed by atoms with van der Waals surface area (Å²) in [6.45, 7) is 0.842. The Hall–Kier alpha value is -3.63. The van der Waals surface area contributed by atoms with E-state index in [1.807, 2.05) is 4.57 Å². The third-order valence-electron chi connectivity index (χ3n) is 5.57. The quantitative estimate of drug-likeness (QED) is 0.427. The van der Waals surface area contributed by atoms with Crippen LogP contribution in [0, 0.1) is 0 Å². The van der Waals surface area contributed by atoms with E-state index in [1.54, 1.807) is 24.3 Å². The van der Waals surface area contributed by atoms with Gasteiger partial charge in [-0.15, -0.1) is 0 Å². The highest BCUT2D eigenvalue weighted by Gasteiger charge is 2.33. The van der Waals surface area contributed by atoms with Gasteiger partial charge in [0.2, 0.25) is 5.91 Å². The number of carbonyl (C=O) groups is 1. The highest BCUT2D eigenvalue weighted by atomic mass is 35.5. The summed E-state index contributed by atoms with van der Waals surface area (Å²) in [5.41, 5.74) is 9.95. The van der Waals surface area contributed by atoms with Gasteiger partial charge in [-0.25, -0.2) is 9.97 Å². The molecular weight excluding hydrogens is 471 g/mol. The molecule has 4 aromatic rings. The lowest BCUT2D eigenvalue weighted by Gasteiger charge is -2.12. The molecule has 0 radical (unpaired) electrons. The molecule has 0 saturated heterocycles. The van der Waals surface area contributed by atoms with E-state index in [9.17, 15) is 18.0 Å². The van der Waals surface area contributed by atoms with Gasteiger partial charge < -0.3 is 20.4 Å². The third kappa shape index (κ3) is 3.95. The predicted octanol–water partition coefficient (Wildman–Crippen LogP) is 4.89. The Balaban J connectivity index is 1.37. The number of nitrogens with one attached hydrogen (secondary N) is 1. The zero-order valence-electron chi connectivity index (χ0n) is 17.5. The number of ether oxygens (including phenoxy) is 1. The van der Waals surface area contributed by atoms with Gasteiger partial charge in [-0.2, -0.15) is 13.2 Å². The van der Waals surface area contributed by atoms with Gasteiger partial charge in [0.25, 0.3) is 0 Å². The second-order valence-corrected chi connectivity index (χ2v) is 8.20. The van der Waals surface area contributed by atoms with Gasteiger partial charge in [-0.1, -0.05) is 17.7 Å². The van der Waals surface area contributed by atoms with Gasteiger partial charge >= 0.3 is 6.18 Å². The molecule has 1 aliphatic rings. The van der Waals surface area contributed by atoms with E-state index in [0.717, 1.165) is 34.6 Å². The molecule has 0 atom stereocenters. The van der Waals surface area contributed by atoms with Crippen molar-refractivity contribution in [3.63, 3.8) is 0 Å². The summed E-state index contributed by atoms with van der Waals surface area (Å²) < 4.78 is 46.7. The van der Waals surface area contributed by atoms with E-state index in [2.05, 4.69) is 15.3 Å². The first-order chi connectivity index (χ1) is 16.2. The number of alkyl halides is 3. The van der Waals surface area contributed by atoms with E-state index in [0.29, 0.717) is 30.2 Å². The molecule has 7 nitrogen and oxygen atoms in total. The van der Waals surface area contributed by atoms with Crippen molar-refractivity contribution in [2.24, 2.45) is 0 Å². The average Bonchev–Trinajstić information content (AvgIpc) is 3.37. The van der Waals surface area contributed by atoms with Crippen LogP contribution in [0.1, 0.15) is 22.4 Å². The molecule has 174 valence electrons. The first-order valence-corrected chi connectivity index (χ1v) is 10.6. The number of hydrogen-bond acceptors (Lipinski definition) is 5. The van der Waals surface area contributed by atoms with Gasteiger partial charge in [0.15, 0.2) is 5.82 Å². The van der Waals surface area contributed by atoms with Crippen LogP contribution in [0.4, 0.5) is 24.7 Å². The summed E-state index contributed by atoms with van der Waals surface area (Å²) in [5, 5.41) is 2.29. The van der Waals surface area contributed by atoms with E-state index < -0.39 is 22.7 Å². The van der Waals surface area contributed by atoms with Crippen molar-refractivity contribution in [2.75, 3.05) is 11.1 Å². The molecule has 0 aliphatic carbocycles. The van der Waals surface area contributed by atoms with Crippen LogP contribution < -0.4 is 11.1 Å². The molecule has 3 heterocycles. The first-order valence-electron chi connectivity index (χ1n) is 10.2. The summed E-state index contributed by atoms with van der Waals surface area (Å²) >= 11 is 5.64. The Morgan fingerprint density at radius 3 is 2.65 bits per heavy atom. The fourth-order valence-electron chi connectivity index (χ4n) is 4.06. The van der Waals surface area contributed by atoms with Crippen LogP contribution in [0.15, 0.2) is 48.8 Å². The fourth-order valence-corrected chi connectivity index (χ4v) is 4.29. The second kappa shape index (κ2) is 8.30. The number of nitrogens with zero attached hydrogens (tertiary/aromatic N) is 3.